The van der Waals surface area contributed by atoms with Gasteiger partial charge in [0, 0.05) is 43.0 Å². The number of amides is 1. The number of nitrogens with two attached hydrogens (primary N) is 1. The van der Waals surface area contributed by atoms with Crippen molar-refractivity contribution in [3.05, 3.63) is 54.0 Å². The number of nitrogens with zero attached hydrogens (tertiary/aromatic N) is 5. The third-order valence-corrected chi connectivity index (χ3v) is 6.24. The normalized spacial score (nSPS) is 18.5. The third kappa shape index (κ3) is 3.90. The quantitative estimate of drug-likeness (QED) is 0.682. The first-order valence-corrected chi connectivity index (χ1v) is 10.7. The van der Waals surface area contributed by atoms with Gasteiger partial charge in [-0.2, -0.15) is 4.98 Å². The minimum Gasteiger partial charge on any atom is -0.371 e. The number of aryl methyl sites for hydroxylation is 1. The van der Waals surface area contributed by atoms with Crippen molar-refractivity contribution in [3.63, 3.8) is 0 Å². The van der Waals surface area contributed by atoms with Crippen LogP contribution in [0, 0.1) is 6.92 Å². The van der Waals surface area contributed by atoms with Gasteiger partial charge in [-0.25, -0.2) is 4.98 Å². The monoisotopic (exact) mass is 418 g/mol. The Morgan fingerprint density at radius 1 is 1.10 bits per heavy atom. The van der Waals surface area contributed by atoms with Gasteiger partial charge >= 0.3 is 0 Å². The van der Waals surface area contributed by atoms with E-state index in [1.807, 2.05) is 48.2 Å². The van der Waals surface area contributed by atoms with Crippen LogP contribution in [0.4, 0.5) is 11.8 Å². The Balaban J connectivity index is 1.29. The second-order valence-corrected chi connectivity index (χ2v) is 8.39. The van der Waals surface area contributed by atoms with E-state index >= 15 is 0 Å². The topological polar surface area (TPSA) is 97.5 Å². The van der Waals surface area contributed by atoms with Crippen molar-refractivity contribution in [1.82, 2.24) is 19.9 Å². The first-order valence-electron chi connectivity index (χ1n) is 10.7. The largest absolute Gasteiger partial charge is 0.371 e. The standard InChI is InChI=1S/C23H26N6O2/c1-16-12-20(27-22(24)26-16)28-8-6-23(7-9-28)15-29(10-11-31-23)21(30)19-13-17-4-2-3-5-18(17)14-25-19/h2-5,12-14H,6-11,15H2,1H3,(H2,24,26,27). The van der Waals surface area contributed by atoms with Crippen molar-refractivity contribution in [2.75, 3.05) is 43.4 Å². The van der Waals surface area contributed by atoms with Gasteiger partial charge in [-0.15, -0.1) is 0 Å². The zero-order valence-corrected chi connectivity index (χ0v) is 17.6. The Morgan fingerprint density at radius 2 is 1.87 bits per heavy atom. The van der Waals surface area contributed by atoms with Gasteiger partial charge < -0.3 is 20.3 Å². The number of rotatable bonds is 2. The summed E-state index contributed by atoms with van der Waals surface area (Å²) in [6.45, 7) is 5.22. The molecule has 2 aromatic heterocycles. The molecule has 0 aliphatic carbocycles. The number of ether oxygens (including phenoxy) is 1. The zero-order valence-electron chi connectivity index (χ0n) is 17.6. The minimum atomic E-state index is -0.325. The van der Waals surface area contributed by atoms with Crippen molar-refractivity contribution >= 4 is 28.4 Å². The molecule has 4 heterocycles. The first-order chi connectivity index (χ1) is 15.0. The maximum Gasteiger partial charge on any atom is 0.272 e. The van der Waals surface area contributed by atoms with E-state index in [4.69, 9.17) is 10.5 Å². The molecule has 0 radical (unpaired) electrons. The fraction of sp³-hybridized carbons (Fsp3) is 0.391. The van der Waals surface area contributed by atoms with E-state index in [0.29, 0.717) is 31.3 Å². The molecular weight excluding hydrogens is 392 g/mol. The molecule has 31 heavy (non-hydrogen) atoms. The summed E-state index contributed by atoms with van der Waals surface area (Å²) in [5.74, 6) is 1.11. The van der Waals surface area contributed by atoms with Gasteiger partial charge in [0.25, 0.3) is 5.91 Å². The van der Waals surface area contributed by atoms with E-state index < -0.39 is 0 Å². The number of benzene rings is 1. The molecule has 160 valence electrons. The summed E-state index contributed by atoms with van der Waals surface area (Å²) in [5.41, 5.74) is 6.84. The van der Waals surface area contributed by atoms with Gasteiger partial charge in [0.05, 0.1) is 18.8 Å². The maximum absolute atomic E-state index is 13.2. The summed E-state index contributed by atoms with van der Waals surface area (Å²) < 4.78 is 6.23. The molecule has 2 aliphatic heterocycles. The van der Waals surface area contributed by atoms with E-state index in [1.54, 1.807) is 6.20 Å². The highest BCUT2D eigenvalue weighted by Gasteiger charge is 2.41. The van der Waals surface area contributed by atoms with E-state index in [0.717, 1.165) is 48.2 Å². The van der Waals surface area contributed by atoms with Gasteiger partial charge in [0.1, 0.15) is 11.5 Å². The van der Waals surface area contributed by atoms with Crippen molar-refractivity contribution < 1.29 is 9.53 Å². The number of anilines is 2. The summed E-state index contributed by atoms with van der Waals surface area (Å²) in [4.78, 5) is 30.3. The zero-order chi connectivity index (χ0) is 21.4. The number of carbonyl (C=O) groups excluding carboxylic acids is 1. The lowest BCUT2D eigenvalue weighted by Gasteiger charge is -2.47. The Bertz CT molecular complexity index is 1110. The predicted octanol–water partition coefficient (Wildman–Crippen LogP) is 2.43. The van der Waals surface area contributed by atoms with Crippen LogP contribution in [0.15, 0.2) is 42.6 Å². The van der Waals surface area contributed by atoms with Gasteiger partial charge in [-0.1, -0.05) is 24.3 Å². The molecule has 2 saturated heterocycles. The number of pyridine rings is 1. The smallest absolute Gasteiger partial charge is 0.272 e. The minimum absolute atomic E-state index is 0.0324. The lowest BCUT2D eigenvalue weighted by atomic mass is 9.89. The summed E-state index contributed by atoms with van der Waals surface area (Å²) in [6.07, 6.45) is 3.42. The number of morpholine rings is 1. The van der Waals surface area contributed by atoms with Gasteiger partial charge in [-0.05, 0) is 31.2 Å². The number of aromatic nitrogens is 3. The summed E-state index contributed by atoms with van der Waals surface area (Å²) in [6, 6.07) is 11.8. The van der Waals surface area contributed by atoms with Crippen molar-refractivity contribution in [3.8, 4) is 0 Å². The van der Waals surface area contributed by atoms with E-state index in [2.05, 4.69) is 19.9 Å². The lowest BCUT2D eigenvalue weighted by molar-refractivity contribution is -0.111. The molecule has 8 nitrogen and oxygen atoms in total. The average molecular weight is 419 g/mol. The fourth-order valence-electron chi connectivity index (χ4n) is 4.56. The third-order valence-electron chi connectivity index (χ3n) is 6.24. The average Bonchev–Trinajstić information content (AvgIpc) is 2.78. The molecule has 8 heteroatoms. The first kappa shape index (κ1) is 19.7. The second kappa shape index (κ2) is 7.77. The molecule has 1 aromatic carbocycles. The number of piperidine rings is 1. The highest BCUT2D eigenvalue weighted by Crippen LogP contribution is 2.32. The number of fused-ring (bicyclic) bond motifs is 1. The Morgan fingerprint density at radius 3 is 2.65 bits per heavy atom. The van der Waals surface area contributed by atoms with Crippen molar-refractivity contribution in [2.24, 2.45) is 0 Å². The number of nitrogen functional groups attached to an aromatic ring is 1. The van der Waals surface area contributed by atoms with Crippen molar-refractivity contribution in [2.45, 2.75) is 25.4 Å². The molecule has 0 saturated carbocycles. The van der Waals surface area contributed by atoms with E-state index in [1.165, 1.54) is 0 Å². The molecule has 1 spiro atoms. The number of carbonyl (C=O) groups is 1. The summed E-state index contributed by atoms with van der Waals surface area (Å²) in [7, 11) is 0. The maximum atomic E-state index is 13.2. The fourth-order valence-corrected chi connectivity index (χ4v) is 4.56. The Labute approximate surface area is 181 Å². The molecule has 2 fully saturated rings. The molecule has 0 atom stereocenters. The van der Waals surface area contributed by atoms with E-state index in [-0.39, 0.29) is 11.5 Å². The van der Waals surface area contributed by atoms with Crippen molar-refractivity contribution in [1.29, 1.82) is 0 Å². The van der Waals surface area contributed by atoms with Gasteiger partial charge in [0.15, 0.2) is 0 Å². The molecule has 0 bridgehead atoms. The van der Waals surface area contributed by atoms with Crippen LogP contribution >= 0.6 is 0 Å². The number of hydrogen-bond donors (Lipinski definition) is 1. The highest BCUT2D eigenvalue weighted by molar-refractivity contribution is 5.96. The lowest BCUT2D eigenvalue weighted by Crippen LogP contribution is -2.58. The van der Waals surface area contributed by atoms with Crippen LogP contribution in [0.5, 0.6) is 0 Å². The van der Waals surface area contributed by atoms with Gasteiger partial charge in [-0.3, -0.25) is 9.78 Å². The molecule has 3 aromatic rings. The van der Waals surface area contributed by atoms with Gasteiger partial charge in [0.2, 0.25) is 5.95 Å². The predicted molar refractivity (Wildman–Crippen MR) is 119 cm³/mol. The molecule has 1 amide bonds. The Hall–Kier alpha value is -3.26. The number of hydrogen-bond acceptors (Lipinski definition) is 7. The van der Waals surface area contributed by atoms with Crippen LogP contribution in [0.25, 0.3) is 10.8 Å². The SMILES string of the molecule is Cc1cc(N2CCC3(CC2)CN(C(=O)c2cc4ccccc4cn2)CCO3)nc(N)n1. The molecule has 5 rings (SSSR count). The second-order valence-electron chi connectivity index (χ2n) is 8.39. The molecule has 2 aliphatic rings. The van der Waals surface area contributed by atoms with Crippen LogP contribution in [-0.4, -0.2) is 64.1 Å². The van der Waals surface area contributed by atoms with Crippen LogP contribution in [0.1, 0.15) is 29.0 Å². The van der Waals surface area contributed by atoms with E-state index in [9.17, 15) is 4.79 Å². The highest BCUT2D eigenvalue weighted by atomic mass is 16.5. The van der Waals surface area contributed by atoms with Crippen LogP contribution < -0.4 is 10.6 Å². The summed E-state index contributed by atoms with van der Waals surface area (Å²) in [5, 5.41) is 2.06. The molecule has 2 N–H and O–H groups in total. The van der Waals surface area contributed by atoms with Crippen LogP contribution in [0.2, 0.25) is 0 Å². The summed E-state index contributed by atoms with van der Waals surface area (Å²) >= 11 is 0. The molecular formula is C23H26N6O2. The molecule has 0 unspecified atom stereocenters. The van der Waals surface area contributed by atoms with Crippen LogP contribution in [0.3, 0.4) is 0 Å². The van der Waals surface area contributed by atoms with Crippen LogP contribution in [-0.2, 0) is 4.74 Å². The Kier molecular flexibility index (Phi) is 4.94.